The normalized spacial score (nSPS) is 23.0. The Morgan fingerprint density at radius 2 is 1.97 bits per heavy atom. The van der Waals surface area contributed by atoms with Crippen molar-refractivity contribution in [2.75, 3.05) is 13.7 Å². The molecule has 0 spiro atoms. The summed E-state index contributed by atoms with van der Waals surface area (Å²) in [6, 6.07) is 10.5. The second-order valence-corrected chi connectivity index (χ2v) is 9.42. The third-order valence-corrected chi connectivity index (χ3v) is 6.93. The van der Waals surface area contributed by atoms with Gasteiger partial charge in [-0.25, -0.2) is 0 Å². The first-order valence-electron chi connectivity index (χ1n) is 12.8. The zero-order valence-corrected chi connectivity index (χ0v) is 20.4. The number of hydrogen-bond donors (Lipinski definition) is 0. The predicted octanol–water partition coefficient (Wildman–Crippen LogP) is 5.03. The van der Waals surface area contributed by atoms with E-state index in [4.69, 9.17) is 14.2 Å². The Bertz CT molecular complexity index is 724. The Balaban J connectivity index is 1.45. The molecule has 4 atom stereocenters. The monoisotopic (exact) mass is 459 g/mol. The number of unbranched alkanes of at least 4 members (excludes halogenated alkanes) is 3. The molecule has 0 N–H and O–H groups in total. The van der Waals surface area contributed by atoms with E-state index in [2.05, 4.69) is 24.0 Å². The van der Waals surface area contributed by atoms with Gasteiger partial charge in [0.15, 0.2) is 0 Å². The van der Waals surface area contributed by atoms with Crippen LogP contribution < -0.4 is 0 Å². The molecule has 6 nitrogen and oxygen atoms in total. The van der Waals surface area contributed by atoms with Gasteiger partial charge in [0.2, 0.25) is 5.91 Å². The van der Waals surface area contributed by atoms with Gasteiger partial charge in [0.1, 0.15) is 0 Å². The Hall–Kier alpha value is -1.92. The Labute approximate surface area is 199 Å². The molecule has 2 fully saturated rings. The zero-order chi connectivity index (χ0) is 23.5. The third-order valence-electron chi connectivity index (χ3n) is 6.93. The van der Waals surface area contributed by atoms with Crippen LogP contribution in [0.15, 0.2) is 30.3 Å². The number of carbonyl (C=O) groups is 2. The van der Waals surface area contributed by atoms with Gasteiger partial charge in [-0.3, -0.25) is 9.59 Å². The largest absolute Gasteiger partial charge is 0.469 e. The maximum atomic E-state index is 12.7. The maximum Gasteiger partial charge on any atom is 0.305 e. The van der Waals surface area contributed by atoms with Crippen LogP contribution in [0.1, 0.15) is 83.1 Å². The van der Waals surface area contributed by atoms with Gasteiger partial charge in [-0.2, -0.15) is 0 Å². The standard InChI is InChI=1S/C27H41NO5/c1-3-4-6-13-22(32-20-21-11-7-5-8-12-21)16-17-28-24-18-23(33-25(24)19-26(28)29)14-9-10-15-27(30)31-2/h5,7-8,11-12,22-25H,3-4,6,9-10,13-20H2,1-2H3. The minimum Gasteiger partial charge on any atom is -0.469 e. The van der Waals surface area contributed by atoms with Crippen LogP contribution in [0.25, 0.3) is 0 Å². The first-order chi connectivity index (χ1) is 16.1. The summed E-state index contributed by atoms with van der Waals surface area (Å²) in [6.45, 7) is 3.58. The summed E-state index contributed by atoms with van der Waals surface area (Å²) < 4.78 is 17.2. The molecule has 0 aromatic heterocycles. The molecule has 184 valence electrons. The minimum absolute atomic E-state index is 0.0203. The van der Waals surface area contributed by atoms with Crippen molar-refractivity contribution in [1.82, 2.24) is 4.90 Å². The maximum absolute atomic E-state index is 12.7. The summed E-state index contributed by atoms with van der Waals surface area (Å²) in [6.07, 6.45) is 10.4. The summed E-state index contributed by atoms with van der Waals surface area (Å²) >= 11 is 0. The number of amides is 1. The summed E-state index contributed by atoms with van der Waals surface area (Å²) in [5, 5.41) is 0. The first-order valence-corrected chi connectivity index (χ1v) is 12.8. The number of methoxy groups -OCH3 is 1. The molecule has 0 radical (unpaired) electrons. The molecule has 33 heavy (non-hydrogen) atoms. The second-order valence-electron chi connectivity index (χ2n) is 9.42. The summed E-state index contributed by atoms with van der Waals surface area (Å²) in [7, 11) is 1.43. The average Bonchev–Trinajstić information content (AvgIpc) is 3.35. The number of rotatable bonds is 15. The minimum atomic E-state index is -0.154. The molecule has 0 saturated carbocycles. The fraction of sp³-hybridized carbons (Fsp3) is 0.704. The van der Waals surface area contributed by atoms with Crippen molar-refractivity contribution >= 4 is 11.9 Å². The summed E-state index contributed by atoms with van der Waals surface area (Å²) in [5.41, 5.74) is 1.19. The highest BCUT2D eigenvalue weighted by Gasteiger charge is 2.46. The lowest BCUT2D eigenvalue weighted by Gasteiger charge is -2.26. The number of carbonyl (C=O) groups excluding carboxylic acids is 2. The Morgan fingerprint density at radius 1 is 1.15 bits per heavy atom. The molecule has 2 aliphatic rings. The molecule has 0 aliphatic carbocycles. The van der Waals surface area contributed by atoms with Crippen molar-refractivity contribution in [3.63, 3.8) is 0 Å². The molecular formula is C27H41NO5. The molecule has 2 saturated heterocycles. The predicted molar refractivity (Wildman–Crippen MR) is 128 cm³/mol. The van der Waals surface area contributed by atoms with Crippen LogP contribution in [-0.4, -0.2) is 54.8 Å². The van der Waals surface area contributed by atoms with Crippen LogP contribution in [0.5, 0.6) is 0 Å². The molecule has 1 amide bonds. The molecule has 0 bridgehead atoms. The van der Waals surface area contributed by atoms with E-state index < -0.39 is 0 Å². The fourth-order valence-corrected chi connectivity index (χ4v) is 5.03. The van der Waals surface area contributed by atoms with Crippen LogP contribution in [0, 0.1) is 0 Å². The molecule has 2 aliphatic heterocycles. The van der Waals surface area contributed by atoms with Gasteiger partial charge in [0.05, 0.1) is 44.5 Å². The van der Waals surface area contributed by atoms with Crippen molar-refractivity contribution in [3.8, 4) is 0 Å². The van der Waals surface area contributed by atoms with E-state index >= 15 is 0 Å². The number of fused-ring (bicyclic) bond motifs is 1. The van der Waals surface area contributed by atoms with E-state index in [9.17, 15) is 9.59 Å². The third kappa shape index (κ3) is 8.11. The number of likely N-dealkylation sites (tertiary alicyclic amines) is 1. The molecule has 2 heterocycles. The van der Waals surface area contributed by atoms with E-state index in [0.717, 1.165) is 51.5 Å². The van der Waals surface area contributed by atoms with E-state index in [1.54, 1.807) is 0 Å². The van der Waals surface area contributed by atoms with Gasteiger partial charge < -0.3 is 19.1 Å². The lowest BCUT2D eigenvalue weighted by molar-refractivity contribution is -0.140. The van der Waals surface area contributed by atoms with E-state index in [1.807, 2.05) is 18.2 Å². The number of ether oxygens (including phenoxy) is 3. The fourth-order valence-electron chi connectivity index (χ4n) is 5.03. The van der Waals surface area contributed by atoms with Crippen LogP contribution in [0.4, 0.5) is 0 Å². The number of esters is 1. The Morgan fingerprint density at radius 3 is 2.73 bits per heavy atom. The van der Waals surface area contributed by atoms with Gasteiger partial charge in [-0.1, -0.05) is 62.9 Å². The van der Waals surface area contributed by atoms with E-state index in [0.29, 0.717) is 19.4 Å². The van der Waals surface area contributed by atoms with Crippen molar-refractivity contribution in [2.24, 2.45) is 0 Å². The number of hydrogen-bond acceptors (Lipinski definition) is 5. The van der Waals surface area contributed by atoms with E-state index in [1.165, 1.54) is 25.5 Å². The lowest BCUT2D eigenvalue weighted by Crippen LogP contribution is -2.37. The number of nitrogens with zero attached hydrogens (tertiary/aromatic N) is 1. The van der Waals surface area contributed by atoms with Crippen molar-refractivity contribution in [1.29, 1.82) is 0 Å². The average molecular weight is 460 g/mol. The second kappa shape index (κ2) is 13.7. The Kier molecular flexibility index (Phi) is 10.7. The van der Waals surface area contributed by atoms with E-state index in [-0.39, 0.29) is 36.2 Å². The van der Waals surface area contributed by atoms with Crippen LogP contribution in [-0.2, 0) is 30.4 Å². The quantitative estimate of drug-likeness (QED) is 0.272. The van der Waals surface area contributed by atoms with Gasteiger partial charge in [-0.15, -0.1) is 0 Å². The number of benzene rings is 1. The zero-order valence-electron chi connectivity index (χ0n) is 20.4. The highest BCUT2D eigenvalue weighted by molar-refractivity contribution is 5.80. The van der Waals surface area contributed by atoms with Gasteiger partial charge in [0, 0.05) is 13.0 Å². The van der Waals surface area contributed by atoms with Gasteiger partial charge in [-0.05, 0) is 37.7 Å². The molecular weight excluding hydrogens is 418 g/mol. The van der Waals surface area contributed by atoms with Crippen LogP contribution in [0.2, 0.25) is 0 Å². The van der Waals surface area contributed by atoms with Crippen molar-refractivity contribution < 1.29 is 23.8 Å². The highest BCUT2D eigenvalue weighted by Crippen LogP contribution is 2.35. The lowest BCUT2D eigenvalue weighted by atomic mass is 10.0. The topological polar surface area (TPSA) is 65.1 Å². The SMILES string of the molecule is CCCCCC(CCN1C(=O)CC2OC(CCCCC(=O)OC)CC21)OCc1ccccc1. The van der Waals surface area contributed by atoms with Crippen molar-refractivity contribution in [3.05, 3.63) is 35.9 Å². The summed E-state index contributed by atoms with van der Waals surface area (Å²) in [4.78, 5) is 26.0. The van der Waals surface area contributed by atoms with Crippen LogP contribution in [0.3, 0.4) is 0 Å². The highest BCUT2D eigenvalue weighted by atomic mass is 16.5. The smallest absolute Gasteiger partial charge is 0.305 e. The molecule has 1 aromatic carbocycles. The van der Waals surface area contributed by atoms with Gasteiger partial charge >= 0.3 is 5.97 Å². The van der Waals surface area contributed by atoms with Crippen LogP contribution >= 0.6 is 0 Å². The molecule has 1 aromatic rings. The summed E-state index contributed by atoms with van der Waals surface area (Å²) in [5.74, 6) is 0.0588. The molecule has 4 unspecified atom stereocenters. The molecule has 6 heteroatoms. The molecule has 3 rings (SSSR count). The van der Waals surface area contributed by atoms with Crippen molar-refractivity contribution in [2.45, 2.75) is 109 Å². The first kappa shape index (κ1) is 25.7. The van der Waals surface area contributed by atoms with Gasteiger partial charge in [0.25, 0.3) is 0 Å².